The van der Waals surface area contributed by atoms with E-state index in [-0.39, 0.29) is 5.91 Å². The van der Waals surface area contributed by atoms with E-state index in [1.54, 1.807) is 5.38 Å². The van der Waals surface area contributed by atoms with Gasteiger partial charge in [0, 0.05) is 18.5 Å². The summed E-state index contributed by atoms with van der Waals surface area (Å²) in [5.74, 6) is -0.0883. The Hall–Kier alpha value is -0.980. The van der Waals surface area contributed by atoms with Crippen LogP contribution in [0.15, 0.2) is 5.38 Å². The van der Waals surface area contributed by atoms with Crippen molar-refractivity contribution < 1.29 is 4.79 Å². The number of piperidine rings is 1. The predicted molar refractivity (Wildman–Crippen MR) is 77.2 cm³/mol. The fourth-order valence-corrected chi connectivity index (χ4v) is 2.94. The number of nitrogens with two attached hydrogens (primary N) is 1. The Morgan fingerprint density at radius 3 is 2.89 bits per heavy atom. The first kappa shape index (κ1) is 14.4. The number of nitrogens with zero attached hydrogens (tertiary/aromatic N) is 2. The topological polar surface area (TPSA) is 71.2 Å². The Morgan fingerprint density at radius 1 is 1.42 bits per heavy atom. The molecule has 0 saturated carbocycles. The van der Waals surface area contributed by atoms with Crippen LogP contribution >= 0.6 is 11.3 Å². The molecule has 0 aliphatic carbocycles. The van der Waals surface area contributed by atoms with Crippen LogP contribution in [0.25, 0.3) is 0 Å². The van der Waals surface area contributed by atoms with E-state index in [9.17, 15) is 4.79 Å². The number of likely N-dealkylation sites (tertiary alicyclic amines) is 1. The minimum atomic E-state index is -0.0883. The zero-order chi connectivity index (χ0) is 13.5. The molecule has 1 aliphatic heterocycles. The van der Waals surface area contributed by atoms with Gasteiger partial charge < -0.3 is 16.0 Å². The maximum Gasteiger partial charge on any atom is 0.270 e. The number of carbonyl (C=O) groups is 1. The highest BCUT2D eigenvalue weighted by molar-refractivity contribution is 7.09. The minimum Gasteiger partial charge on any atom is -0.351 e. The monoisotopic (exact) mass is 282 g/mol. The lowest BCUT2D eigenvalue weighted by Crippen LogP contribution is -2.33. The third kappa shape index (κ3) is 4.56. The summed E-state index contributed by atoms with van der Waals surface area (Å²) < 4.78 is 0. The SMILES string of the molecule is NCc1nc(C(=O)NCCCN2CCCCC2)cs1. The lowest BCUT2D eigenvalue weighted by molar-refractivity contribution is 0.0946. The number of rotatable bonds is 6. The van der Waals surface area contributed by atoms with Gasteiger partial charge in [-0.05, 0) is 38.9 Å². The average Bonchev–Trinajstić information content (AvgIpc) is 2.93. The van der Waals surface area contributed by atoms with Crippen LogP contribution in [0.2, 0.25) is 0 Å². The van der Waals surface area contributed by atoms with Gasteiger partial charge in [0.2, 0.25) is 0 Å². The number of aromatic nitrogens is 1. The smallest absolute Gasteiger partial charge is 0.270 e. The first-order chi connectivity index (χ1) is 9.29. The third-order valence-corrected chi connectivity index (χ3v) is 4.22. The fourth-order valence-electron chi connectivity index (χ4n) is 2.29. The van der Waals surface area contributed by atoms with Gasteiger partial charge in [-0.15, -0.1) is 11.3 Å². The first-order valence-corrected chi connectivity index (χ1v) is 7.82. The Labute approximate surface area is 118 Å². The number of nitrogens with one attached hydrogen (secondary N) is 1. The van der Waals surface area contributed by atoms with Gasteiger partial charge in [0.05, 0.1) is 0 Å². The quantitative estimate of drug-likeness (QED) is 0.769. The Morgan fingerprint density at radius 2 is 2.21 bits per heavy atom. The molecule has 0 spiro atoms. The molecule has 1 fully saturated rings. The third-order valence-electron chi connectivity index (χ3n) is 3.34. The van der Waals surface area contributed by atoms with Gasteiger partial charge in [0.15, 0.2) is 0 Å². The number of carbonyl (C=O) groups excluding carboxylic acids is 1. The van der Waals surface area contributed by atoms with Crippen LogP contribution in [-0.4, -0.2) is 42.0 Å². The summed E-state index contributed by atoms with van der Waals surface area (Å²) >= 11 is 1.43. The van der Waals surface area contributed by atoms with Crippen molar-refractivity contribution in [3.63, 3.8) is 0 Å². The molecule has 0 unspecified atom stereocenters. The maximum absolute atomic E-state index is 11.8. The van der Waals surface area contributed by atoms with Gasteiger partial charge in [-0.25, -0.2) is 4.98 Å². The molecule has 5 nitrogen and oxygen atoms in total. The molecule has 2 heterocycles. The van der Waals surface area contributed by atoms with Crippen molar-refractivity contribution in [2.24, 2.45) is 5.73 Å². The lowest BCUT2D eigenvalue weighted by atomic mass is 10.1. The highest BCUT2D eigenvalue weighted by Crippen LogP contribution is 2.09. The Kier molecular flexibility index (Phi) is 5.75. The van der Waals surface area contributed by atoms with Crippen molar-refractivity contribution in [1.29, 1.82) is 0 Å². The molecule has 1 aromatic heterocycles. The summed E-state index contributed by atoms with van der Waals surface area (Å²) in [5, 5.41) is 5.48. The summed E-state index contributed by atoms with van der Waals surface area (Å²) in [7, 11) is 0. The molecule has 0 atom stereocenters. The van der Waals surface area contributed by atoms with E-state index < -0.39 is 0 Å². The zero-order valence-electron chi connectivity index (χ0n) is 11.2. The molecule has 1 amide bonds. The van der Waals surface area contributed by atoms with Crippen LogP contribution in [0.4, 0.5) is 0 Å². The van der Waals surface area contributed by atoms with Crippen molar-refractivity contribution in [2.75, 3.05) is 26.2 Å². The van der Waals surface area contributed by atoms with Crippen molar-refractivity contribution in [3.8, 4) is 0 Å². The van der Waals surface area contributed by atoms with Crippen LogP contribution in [0.1, 0.15) is 41.2 Å². The van der Waals surface area contributed by atoms with Crippen LogP contribution < -0.4 is 11.1 Å². The van der Waals surface area contributed by atoms with Crippen LogP contribution in [-0.2, 0) is 6.54 Å². The van der Waals surface area contributed by atoms with E-state index in [0.29, 0.717) is 18.8 Å². The second-order valence-electron chi connectivity index (χ2n) is 4.84. The van der Waals surface area contributed by atoms with Gasteiger partial charge in [-0.2, -0.15) is 0 Å². The normalized spacial score (nSPS) is 16.5. The molecular weight excluding hydrogens is 260 g/mol. The minimum absolute atomic E-state index is 0.0883. The number of amides is 1. The van der Waals surface area contributed by atoms with Crippen LogP contribution in [0.5, 0.6) is 0 Å². The first-order valence-electron chi connectivity index (χ1n) is 6.94. The highest BCUT2D eigenvalue weighted by Gasteiger charge is 2.11. The van der Waals surface area contributed by atoms with Crippen LogP contribution in [0.3, 0.4) is 0 Å². The second-order valence-corrected chi connectivity index (χ2v) is 5.79. The predicted octanol–water partition coefficient (Wildman–Crippen LogP) is 1.21. The summed E-state index contributed by atoms with van der Waals surface area (Å²) in [6.45, 7) is 4.60. The fraction of sp³-hybridized carbons (Fsp3) is 0.692. The summed E-state index contributed by atoms with van der Waals surface area (Å²) in [4.78, 5) is 18.4. The summed E-state index contributed by atoms with van der Waals surface area (Å²) in [6, 6.07) is 0. The van der Waals surface area contributed by atoms with Gasteiger partial charge in [0.25, 0.3) is 5.91 Å². The number of hydrogen-bond donors (Lipinski definition) is 2. The molecule has 1 aliphatic rings. The van der Waals surface area contributed by atoms with E-state index in [4.69, 9.17) is 5.73 Å². The standard InChI is InChI=1S/C13H22N4OS/c14-9-12-16-11(10-19-12)13(18)15-5-4-8-17-6-2-1-3-7-17/h10H,1-9,14H2,(H,15,18). The van der Waals surface area contributed by atoms with Crippen molar-refractivity contribution in [3.05, 3.63) is 16.1 Å². The van der Waals surface area contributed by atoms with E-state index in [1.165, 1.54) is 43.7 Å². The molecule has 0 aromatic carbocycles. The summed E-state index contributed by atoms with van der Waals surface area (Å²) in [6.07, 6.45) is 4.99. The molecule has 0 radical (unpaired) electrons. The highest BCUT2D eigenvalue weighted by atomic mass is 32.1. The zero-order valence-corrected chi connectivity index (χ0v) is 12.0. The molecule has 3 N–H and O–H groups in total. The molecule has 0 bridgehead atoms. The molecular formula is C13H22N4OS. The van der Waals surface area contributed by atoms with E-state index in [1.807, 2.05) is 0 Å². The summed E-state index contributed by atoms with van der Waals surface area (Å²) in [5.41, 5.74) is 5.97. The van der Waals surface area contributed by atoms with Gasteiger partial charge in [-0.1, -0.05) is 6.42 Å². The van der Waals surface area contributed by atoms with E-state index >= 15 is 0 Å². The number of hydrogen-bond acceptors (Lipinski definition) is 5. The molecule has 1 saturated heterocycles. The van der Waals surface area contributed by atoms with Crippen molar-refractivity contribution in [2.45, 2.75) is 32.2 Å². The Balaban J connectivity index is 1.63. The molecule has 1 aromatic rings. The molecule has 2 rings (SSSR count). The molecule has 19 heavy (non-hydrogen) atoms. The van der Waals surface area contributed by atoms with E-state index in [2.05, 4.69) is 15.2 Å². The molecule has 6 heteroatoms. The number of thiazole rings is 1. The van der Waals surface area contributed by atoms with E-state index in [0.717, 1.165) is 18.0 Å². The average molecular weight is 282 g/mol. The van der Waals surface area contributed by atoms with Gasteiger partial charge >= 0.3 is 0 Å². The maximum atomic E-state index is 11.8. The van der Waals surface area contributed by atoms with Crippen molar-refractivity contribution >= 4 is 17.2 Å². The molecule has 106 valence electrons. The van der Waals surface area contributed by atoms with Gasteiger partial charge in [0.1, 0.15) is 10.7 Å². The van der Waals surface area contributed by atoms with Gasteiger partial charge in [-0.3, -0.25) is 4.79 Å². The van der Waals surface area contributed by atoms with Crippen molar-refractivity contribution in [1.82, 2.24) is 15.2 Å². The largest absolute Gasteiger partial charge is 0.351 e. The second kappa shape index (κ2) is 7.57. The van der Waals surface area contributed by atoms with Crippen LogP contribution in [0, 0.1) is 0 Å². The Bertz CT molecular complexity index is 401. The lowest BCUT2D eigenvalue weighted by Gasteiger charge is -2.26.